The van der Waals surface area contributed by atoms with Crippen LogP contribution in [0.25, 0.3) is 10.9 Å². The number of ether oxygens (including phenoxy) is 1. The predicted molar refractivity (Wildman–Crippen MR) is 70.3 cm³/mol. The van der Waals surface area contributed by atoms with E-state index in [1.54, 1.807) is 6.20 Å². The van der Waals surface area contributed by atoms with Gasteiger partial charge in [0.25, 0.3) is 0 Å². The van der Waals surface area contributed by atoms with Crippen molar-refractivity contribution in [2.24, 2.45) is 0 Å². The van der Waals surface area contributed by atoms with Crippen molar-refractivity contribution in [2.45, 2.75) is 0 Å². The summed E-state index contributed by atoms with van der Waals surface area (Å²) in [6.45, 7) is 0. The summed E-state index contributed by atoms with van der Waals surface area (Å²) in [4.78, 5) is 14.6. The summed E-state index contributed by atoms with van der Waals surface area (Å²) < 4.78 is 4.72. The van der Waals surface area contributed by atoms with Crippen molar-refractivity contribution in [1.82, 2.24) is 4.98 Å². The van der Waals surface area contributed by atoms with Gasteiger partial charge in [-0.2, -0.15) is 0 Å². The van der Waals surface area contributed by atoms with Crippen LogP contribution in [0.3, 0.4) is 0 Å². The lowest BCUT2D eigenvalue weighted by molar-refractivity contribution is 0.0603. The molecule has 1 heterocycles. The molecule has 4 heteroatoms. The van der Waals surface area contributed by atoms with Crippen molar-refractivity contribution >= 4 is 32.8 Å². The number of halogens is 1. The van der Waals surface area contributed by atoms with Gasteiger partial charge in [-0.15, -0.1) is 0 Å². The predicted octanol–water partition coefficient (Wildman–Crippen LogP) is 2.70. The van der Waals surface area contributed by atoms with Crippen LogP contribution in [0.2, 0.25) is 0 Å². The fraction of sp³-hybridized carbons (Fsp3) is 0.154. The monoisotopic (exact) mass is 291 g/mol. The molecular formula is C13H10BrNO2. The normalized spacial score (nSPS) is 9.76. The van der Waals surface area contributed by atoms with E-state index < -0.39 is 0 Å². The number of hydrogen-bond acceptors (Lipinski definition) is 2. The number of aromatic nitrogens is 1. The van der Waals surface area contributed by atoms with Crippen LogP contribution in [0.15, 0.2) is 24.4 Å². The fourth-order valence-corrected chi connectivity index (χ4v) is 1.75. The largest absolute Gasteiger partial charge is 0.465 e. The Morgan fingerprint density at radius 3 is 3.06 bits per heavy atom. The Kier molecular flexibility index (Phi) is 3.50. The minimum Gasteiger partial charge on any atom is -0.465 e. The van der Waals surface area contributed by atoms with Crippen LogP contribution in [0.5, 0.6) is 0 Å². The molecule has 0 aliphatic rings. The Morgan fingerprint density at radius 2 is 2.35 bits per heavy atom. The Labute approximate surface area is 107 Å². The number of carbonyl (C=O) groups is 1. The molecule has 0 aliphatic carbocycles. The number of alkyl halides is 1. The van der Waals surface area contributed by atoms with Crippen LogP contribution >= 0.6 is 15.9 Å². The summed E-state index contributed by atoms with van der Waals surface area (Å²) in [6.07, 6.45) is 1.65. The summed E-state index contributed by atoms with van der Waals surface area (Å²) in [7, 11) is 1.37. The molecule has 0 saturated carbocycles. The lowest BCUT2D eigenvalue weighted by Gasteiger charge is -1.97. The van der Waals surface area contributed by atoms with Gasteiger partial charge in [-0.3, -0.25) is 0 Å². The Balaban J connectivity index is 2.54. The molecule has 0 fully saturated rings. The highest BCUT2D eigenvalue weighted by atomic mass is 79.9. The average molecular weight is 292 g/mol. The van der Waals surface area contributed by atoms with E-state index in [1.807, 2.05) is 18.2 Å². The van der Waals surface area contributed by atoms with Crippen LogP contribution in [0, 0.1) is 11.8 Å². The van der Waals surface area contributed by atoms with E-state index >= 15 is 0 Å². The molecule has 3 nitrogen and oxygen atoms in total. The molecule has 1 aromatic heterocycles. The zero-order valence-corrected chi connectivity index (χ0v) is 10.8. The zero-order valence-electron chi connectivity index (χ0n) is 9.21. The van der Waals surface area contributed by atoms with Gasteiger partial charge >= 0.3 is 5.97 Å². The highest BCUT2D eigenvalue weighted by Gasteiger charge is 2.11. The number of benzene rings is 1. The second-order valence-electron chi connectivity index (χ2n) is 3.39. The Bertz CT molecular complexity index is 619. The smallest absolute Gasteiger partial charge is 0.340 e. The number of carbonyl (C=O) groups excluding carboxylic acids is 1. The quantitative estimate of drug-likeness (QED) is 0.499. The van der Waals surface area contributed by atoms with E-state index in [-0.39, 0.29) is 5.97 Å². The van der Waals surface area contributed by atoms with Crippen molar-refractivity contribution < 1.29 is 9.53 Å². The van der Waals surface area contributed by atoms with E-state index in [2.05, 4.69) is 32.8 Å². The molecule has 0 atom stereocenters. The minimum absolute atomic E-state index is 0.346. The van der Waals surface area contributed by atoms with Crippen molar-refractivity contribution in [1.29, 1.82) is 0 Å². The maximum atomic E-state index is 11.5. The summed E-state index contributed by atoms with van der Waals surface area (Å²) in [6, 6.07) is 5.70. The van der Waals surface area contributed by atoms with Gasteiger partial charge in [-0.05, 0) is 18.2 Å². The summed E-state index contributed by atoms with van der Waals surface area (Å²) >= 11 is 3.24. The third-order valence-corrected chi connectivity index (χ3v) is 2.67. The van der Waals surface area contributed by atoms with Gasteiger partial charge in [0.05, 0.1) is 18.0 Å². The standard InChI is InChI=1S/C13H10BrNO2/c1-17-13(16)11-8-15-12-5-4-9(3-2-6-14)7-10(11)12/h4-5,7-8,15H,6H2,1H3. The number of H-pyrrole nitrogens is 1. The molecule has 0 bridgehead atoms. The maximum Gasteiger partial charge on any atom is 0.340 e. The number of aromatic amines is 1. The molecule has 0 aliphatic heterocycles. The van der Waals surface area contributed by atoms with Gasteiger partial charge in [0.15, 0.2) is 0 Å². The molecule has 1 N–H and O–H groups in total. The molecule has 17 heavy (non-hydrogen) atoms. The van der Waals surface area contributed by atoms with Crippen molar-refractivity contribution in [3.63, 3.8) is 0 Å². The van der Waals surface area contributed by atoms with Gasteiger partial charge in [0.1, 0.15) is 0 Å². The maximum absolute atomic E-state index is 11.5. The van der Waals surface area contributed by atoms with Crippen LogP contribution in [-0.4, -0.2) is 23.4 Å². The number of rotatable bonds is 1. The van der Waals surface area contributed by atoms with Crippen LogP contribution in [0.1, 0.15) is 15.9 Å². The minimum atomic E-state index is -0.346. The number of hydrogen-bond donors (Lipinski definition) is 1. The highest BCUT2D eigenvalue weighted by Crippen LogP contribution is 2.20. The first-order valence-electron chi connectivity index (χ1n) is 5.00. The van der Waals surface area contributed by atoms with Crippen LogP contribution in [-0.2, 0) is 4.74 Å². The topological polar surface area (TPSA) is 42.1 Å². The first-order valence-corrected chi connectivity index (χ1v) is 6.12. The number of nitrogens with one attached hydrogen (secondary N) is 1. The summed E-state index contributed by atoms with van der Waals surface area (Å²) in [5.41, 5.74) is 2.31. The van der Waals surface area contributed by atoms with Crippen molar-refractivity contribution in [3.8, 4) is 11.8 Å². The molecular weight excluding hydrogens is 282 g/mol. The molecule has 2 aromatic rings. The fourth-order valence-electron chi connectivity index (χ4n) is 1.61. The number of fused-ring (bicyclic) bond motifs is 1. The second kappa shape index (κ2) is 5.07. The summed E-state index contributed by atoms with van der Waals surface area (Å²) in [5, 5.41) is 1.46. The van der Waals surface area contributed by atoms with Gasteiger partial charge < -0.3 is 9.72 Å². The van der Waals surface area contributed by atoms with E-state index in [1.165, 1.54) is 7.11 Å². The molecule has 0 radical (unpaired) electrons. The summed E-state index contributed by atoms with van der Waals surface area (Å²) in [5.74, 6) is 5.58. The van der Waals surface area contributed by atoms with E-state index in [4.69, 9.17) is 4.74 Å². The van der Waals surface area contributed by atoms with E-state index in [0.717, 1.165) is 16.5 Å². The lowest BCUT2D eigenvalue weighted by Crippen LogP contribution is -1.99. The molecule has 86 valence electrons. The highest BCUT2D eigenvalue weighted by molar-refractivity contribution is 9.09. The molecule has 0 amide bonds. The van der Waals surface area contributed by atoms with Gasteiger partial charge in [-0.1, -0.05) is 27.8 Å². The first kappa shape index (κ1) is 11.7. The SMILES string of the molecule is COC(=O)c1c[nH]c2ccc(C#CCBr)cc12. The third-order valence-electron chi connectivity index (χ3n) is 2.39. The van der Waals surface area contributed by atoms with Crippen LogP contribution in [0.4, 0.5) is 0 Å². The number of esters is 1. The first-order chi connectivity index (χ1) is 8.26. The third kappa shape index (κ3) is 2.34. The van der Waals surface area contributed by atoms with Crippen LogP contribution < -0.4 is 0 Å². The van der Waals surface area contributed by atoms with Crippen molar-refractivity contribution in [3.05, 3.63) is 35.5 Å². The number of methoxy groups -OCH3 is 1. The molecule has 0 unspecified atom stereocenters. The zero-order chi connectivity index (χ0) is 12.3. The van der Waals surface area contributed by atoms with Gasteiger partial charge in [0, 0.05) is 22.7 Å². The van der Waals surface area contributed by atoms with E-state index in [9.17, 15) is 4.79 Å². The van der Waals surface area contributed by atoms with Crippen molar-refractivity contribution in [2.75, 3.05) is 12.4 Å². The molecule has 2 rings (SSSR count). The Morgan fingerprint density at radius 1 is 1.53 bits per heavy atom. The molecule has 1 aromatic carbocycles. The second-order valence-corrected chi connectivity index (χ2v) is 3.95. The molecule has 0 spiro atoms. The lowest BCUT2D eigenvalue weighted by atomic mass is 10.1. The van der Waals surface area contributed by atoms with Gasteiger partial charge in [-0.25, -0.2) is 4.79 Å². The average Bonchev–Trinajstić information content (AvgIpc) is 2.78. The van der Waals surface area contributed by atoms with Gasteiger partial charge in [0.2, 0.25) is 0 Å². The molecule has 0 saturated heterocycles. The Hall–Kier alpha value is -1.73. The van der Waals surface area contributed by atoms with E-state index in [0.29, 0.717) is 10.9 Å².